The van der Waals surface area contributed by atoms with Crippen LogP contribution in [0, 0.1) is 5.82 Å². The second-order valence-corrected chi connectivity index (χ2v) is 6.61. The molecule has 0 aliphatic heterocycles. The summed E-state index contributed by atoms with van der Waals surface area (Å²) in [4.78, 5) is 8.52. The van der Waals surface area contributed by atoms with Crippen LogP contribution in [-0.4, -0.2) is 38.3 Å². The number of rotatable bonds is 9. The fourth-order valence-electron chi connectivity index (χ4n) is 2.89. The Labute approximate surface area is 206 Å². The lowest BCUT2D eigenvalue weighted by atomic mass is 10.2. The van der Waals surface area contributed by atoms with E-state index in [1.807, 2.05) is 0 Å². The molecular weight excluding hydrogens is 552 g/mol. The number of oxazole rings is 1. The molecule has 2 N–H and O–H groups in total. The van der Waals surface area contributed by atoms with E-state index in [4.69, 9.17) is 9.15 Å². The Bertz CT molecular complexity index is 1050. The van der Waals surface area contributed by atoms with Crippen LogP contribution in [0.2, 0.25) is 0 Å². The summed E-state index contributed by atoms with van der Waals surface area (Å²) >= 11 is 0. The van der Waals surface area contributed by atoms with Crippen LogP contribution in [0.3, 0.4) is 0 Å². The molecule has 0 saturated carbocycles. The third kappa shape index (κ3) is 7.84. The van der Waals surface area contributed by atoms with Gasteiger partial charge in [0.05, 0.1) is 12.8 Å². The number of benzene rings is 2. The summed E-state index contributed by atoms with van der Waals surface area (Å²) in [6.45, 7) is -2.24. The van der Waals surface area contributed by atoms with Crippen LogP contribution in [-0.2, 0) is 13.0 Å². The Morgan fingerprint density at radius 3 is 2.58 bits per heavy atom. The van der Waals surface area contributed by atoms with Crippen molar-refractivity contribution in [3.8, 4) is 23.0 Å². The lowest BCUT2D eigenvalue weighted by molar-refractivity contribution is -0.0505. The first-order chi connectivity index (χ1) is 15.5. The van der Waals surface area contributed by atoms with E-state index in [0.29, 0.717) is 47.4 Å². The van der Waals surface area contributed by atoms with Gasteiger partial charge in [-0.15, -0.1) is 24.0 Å². The fourth-order valence-corrected chi connectivity index (χ4v) is 2.89. The maximum Gasteiger partial charge on any atom is 0.387 e. The van der Waals surface area contributed by atoms with Crippen LogP contribution < -0.4 is 20.1 Å². The van der Waals surface area contributed by atoms with E-state index in [0.717, 1.165) is 0 Å². The normalized spacial score (nSPS) is 11.2. The topological polar surface area (TPSA) is 80.9 Å². The molecule has 0 saturated heterocycles. The van der Waals surface area contributed by atoms with Crippen molar-refractivity contribution < 1.29 is 27.1 Å². The van der Waals surface area contributed by atoms with Gasteiger partial charge in [-0.2, -0.15) is 8.78 Å². The Balaban J connectivity index is 0.00000385. The molecule has 0 bridgehead atoms. The predicted octanol–water partition coefficient (Wildman–Crippen LogP) is 4.62. The number of aromatic nitrogens is 1. The molecule has 0 aliphatic rings. The van der Waals surface area contributed by atoms with Crippen molar-refractivity contribution in [2.75, 3.05) is 20.7 Å². The maximum atomic E-state index is 13.0. The Kier molecular flexibility index (Phi) is 10.3. The van der Waals surface area contributed by atoms with Crippen LogP contribution in [0.5, 0.6) is 11.5 Å². The van der Waals surface area contributed by atoms with E-state index >= 15 is 0 Å². The molecule has 11 heteroatoms. The minimum absolute atomic E-state index is 0. The number of hydrogen-bond donors (Lipinski definition) is 2. The standard InChI is InChI=1S/C22H23F3N4O3.HI/c1-26-22(28-12-15-11-18(30-2)7-8-19(15)32-21(24)25)27-10-9-17-13-31-20(29-17)14-3-5-16(23)6-4-14;/h3-8,11,13,21H,9-10,12H2,1-2H3,(H2,26,27,28);1H. The first-order valence-electron chi connectivity index (χ1n) is 9.75. The molecular formula is C22H24F3IN4O3. The number of guanidine groups is 1. The van der Waals surface area contributed by atoms with Gasteiger partial charge in [0.1, 0.15) is 23.6 Å². The minimum atomic E-state index is -2.93. The van der Waals surface area contributed by atoms with Crippen molar-refractivity contribution in [2.45, 2.75) is 19.6 Å². The van der Waals surface area contributed by atoms with Gasteiger partial charge in [-0.05, 0) is 42.5 Å². The van der Waals surface area contributed by atoms with E-state index in [9.17, 15) is 13.2 Å². The molecule has 0 atom stereocenters. The molecule has 0 fully saturated rings. The smallest absolute Gasteiger partial charge is 0.387 e. The number of ether oxygens (including phenoxy) is 2. The van der Waals surface area contributed by atoms with Crippen LogP contribution in [0.4, 0.5) is 13.2 Å². The van der Waals surface area contributed by atoms with Crippen LogP contribution in [0.1, 0.15) is 11.3 Å². The predicted molar refractivity (Wildman–Crippen MR) is 129 cm³/mol. The zero-order chi connectivity index (χ0) is 22.9. The van der Waals surface area contributed by atoms with E-state index in [1.54, 1.807) is 37.6 Å². The fraction of sp³-hybridized carbons (Fsp3) is 0.273. The van der Waals surface area contributed by atoms with Crippen LogP contribution in [0.15, 0.2) is 58.1 Å². The van der Waals surface area contributed by atoms with Crippen molar-refractivity contribution in [3.63, 3.8) is 0 Å². The third-order valence-corrected chi connectivity index (χ3v) is 4.47. The molecule has 178 valence electrons. The summed E-state index contributed by atoms with van der Waals surface area (Å²) in [6, 6.07) is 10.5. The highest BCUT2D eigenvalue weighted by molar-refractivity contribution is 14.0. The lowest BCUT2D eigenvalue weighted by Gasteiger charge is -2.15. The van der Waals surface area contributed by atoms with E-state index < -0.39 is 6.61 Å². The zero-order valence-corrected chi connectivity index (χ0v) is 20.3. The zero-order valence-electron chi connectivity index (χ0n) is 18.0. The quantitative estimate of drug-likeness (QED) is 0.220. The van der Waals surface area contributed by atoms with Gasteiger partial charge in [0.25, 0.3) is 0 Å². The molecule has 2 aromatic carbocycles. The number of aliphatic imine (C=N–C) groups is 1. The monoisotopic (exact) mass is 576 g/mol. The largest absolute Gasteiger partial charge is 0.497 e. The van der Waals surface area contributed by atoms with Gasteiger partial charge in [-0.3, -0.25) is 4.99 Å². The van der Waals surface area contributed by atoms with Crippen molar-refractivity contribution in [3.05, 3.63) is 65.8 Å². The number of hydrogen-bond acceptors (Lipinski definition) is 5. The van der Waals surface area contributed by atoms with Crippen LogP contribution >= 0.6 is 24.0 Å². The second-order valence-electron chi connectivity index (χ2n) is 6.61. The van der Waals surface area contributed by atoms with Crippen LogP contribution in [0.25, 0.3) is 11.5 Å². The molecule has 0 unspecified atom stereocenters. The van der Waals surface area contributed by atoms with Gasteiger partial charge in [-0.1, -0.05) is 0 Å². The Morgan fingerprint density at radius 2 is 1.91 bits per heavy atom. The molecule has 7 nitrogen and oxygen atoms in total. The van der Waals surface area contributed by atoms with Gasteiger partial charge in [0.15, 0.2) is 5.96 Å². The molecule has 0 amide bonds. The van der Waals surface area contributed by atoms with Gasteiger partial charge in [0, 0.05) is 37.7 Å². The highest BCUT2D eigenvalue weighted by Crippen LogP contribution is 2.25. The molecule has 0 spiro atoms. The number of nitrogens with one attached hydrogen (secondary N) is 2. The number of methoxy groups -OCH3 is 1. The third-order valence-electron chi connectivity index (χ3n) is 4.47. The Morgan fingerprint density at radius 1 is 1.15 bits per heavy atom. The van der Waals surface area contributed by atoms with Gasteiger partial charge in [0.2, 0.25) is 5.89 Å². The average Bonchev–Trinajstić information content (AvgIpc) is 3.26. The number of halogens is 4. The number of alkyl halides is 2. The molecule has 3 aromatic rings. The highest BCUT2D eigenvalue weighted by Gasteiger charge is 2.12. The van der Waals surface area contributed by atoms with Gasteiger partial charge >= 0.3 is 6.61 Å². The summed E-state index contributed by atoms with van der Waals surface area (Å²) in [5, 5.41) is 6.17. The first kappa shape index (κ1) is 26.3. The van der Waals surface area contributed by atoms with E-state index in [2.05, 4.69) is 25.3 Å². The van der Waals surface area contributed by atoms with Crippen molar-refractivity contribution >= 4 is 29.9 Å². The minimum Gasteiger partial charge on any atom is -0.497 e. The van der Waals surface area contributed by atoms with Crippen molar-refractivity contribution in [1.82, 2.24) is 15.6 Å². The molecule has 1 aromatic heterocycles. The molecule has 0 aliphatic carbocycles. The summed E-state index contributed by atoms with van der Waals surface area (Å²) in [5.41, 5.74) is 1.89. The molecule has 33 heavy (non-hydrogen) atoms. The van der Waals surface area contributed by atoms with Crippen molar-refractivity contribution in [2.24, 2.45) is 4.99 Å². The SMILES string of the molecule is CN=C(NCCc1coc(-c2ccc(F)cc2)n1)NCc1cc(OC)ccc1OC(F)F.I. The average molecular weight is 576 g/mol. The second kappa shape index (κ2) is 12.9. The van der Waals surface area contributed by atoms with E-state index in [-0.39, 0.29) is 42.1 Å². The molecule has 1 heterocycles. The number of nitrogens with zero attached hydrogens (tertiary/aromatic N) is 2. The summed E-state index contributed by atoms with van der Waals surface area (Å²) < 4.78 is 53.5. The summed E-state index contributed by atoms with van der Waals surface area (Å²) in [7, 11) is 3.09. The Hall–Kier alpha value is -2.96. The maximum absolute atomic E-state index is 13.0. The summed E-state index contributed by atoms with van der Waals surface area (Å²) in [5.74, 6) is 1.13. The molecule has 0 radical (unpaired) electrons. The van der Waals surface area contributed by atoms with Gasteiger partial charge in [-0.25, -0.2) is 9.37 Å². The highest BCUT2D eigenvalue weighted by atomic mass is 127. The lowest BCUT2D eigenvalue weighted by Crippen LogP contribution is -2.38. The summed E-state index contributed by atoms with van der Waals surface area (Å²) in [6.07, 6.45) is 2.09. The van der Waals surface area contributed by atoms with Gasteiger partial charge < -0.3 is 24.5 Å². The van der Waals surface area contributed by atoms with Crippen molar-refractivity contribution in [1.29, 1.82) is 0 Å². The van der Waals surface area contributed by atoms with E-state index in [1.165, 1.54) is 25.3 Å². The first-order valence-corrected chi connectivity index (χ1v) is 9.75. The molecule has 3 rings (SSSR count).